The molecule has 2 heterocycles. The Morgan fingerprint density at radius 1 is 1.13 bits per heavy atom. The lowest BCUT2D eigenvalue weighted by molar-refractivity contribution is 0.0918. The quantitative estimate of drug-likeness (QED) is 0.536. The number of furan rings is 1. The van der Waals surface area contributed by atoms with E-state index < -0.39 is 0 Å². The highest BCUT2D eigenvalue weighted by Gasteiger charge is 2.28. The van der Waals surface area contributed by atoms with Crippen molar-refractivity contribution in [2.24, 2.45) is 5.10 Å². The van der Waals surface area contributed by atoms with Gasteiger partial charge in [-0.2, -0.15) is 5.10 Å². The highest BCUT2D eigenvalue weighted by atomic mass is 79.9. The van der Waals surface area contributed by atoms with E-state index in [0.717, 1.165) is 45.6 Å². The van der Waals surface area contributed by atoms with Gasteiger partial charge in [0.2, 0.25) is 0 Å². The van der Waals surface area contributed by atoms with Crippen LogP contribution in [0.2, 0.25) is 0 Å². The van der Waals surface area contributed by atoms with Crippen molar-refractivity contribution < 1.29 is 14.0 Å². The van der Waals surface area contributed by atoms with Gasteiger partial charge >= 0.3 is 0 Å². The summed E-state index contributed by atoms with van der Waals surface area (Å²) in [7, 11) is 0. The van der Waals surface area contributed by atoms with E-state index >= 15 is 0 Å². The van der Waals surface area contributed by atoms with Crippen LogP contribution >= 0.6 is 15.9 Å². The molecule has 158 valence electrons. The zero-order chi connectivity index (χ0) is 21.8. The van der Waals surface area contributed by atoms with Crippen molar-refractivity contribution in [1.82, 2.24) is 15.7 Å². The van der Waals surface area contributed by atoms with Crippen LogP contribution in [0.5, 0.6) is 0 Å². The largest absolute Gasteiger partial charge is 0.455 e. The van der Waals surface area contributed by atoms with E-state index in [1.54, 1.807) is 30.5 Å². The van der Waals surface area contributed by atoms with Gasteiger partial charge in [-0.25, -0.2) is 5.43 Å². The average Bonchev–Trinajstić information content (AvgIpc) is 3.14. The molecule has 31 heavy (non-hydrogen) atoms. The zero-order valence-corrected chi connectivity index (χ0v) is 18.5. The third-order valence-electron chi connectivity index (χ3n) is 5.09. The molecule has 4 rings (SSSR count). The fraction of sp³-hybridized carbons (Fsp3) is 0.217. The first kappa shape index (κ1) is 21.0. The molecule has 0 bridgehead atoms. The number of carbonyl (C=O) groups is 2. The summed E-state index contributed by atoms with van der Waals surface area (Å²) < 4.78 is 6.79. The monoisotopic (exact) mass is 480 g/mol. The van der Waals surface area contributed by atoms with Gasteiger partial charge in [-0.15, -0.1) is 0 Å². The number of nitrogens with one attached hydrogen (secondary N) is 2. The second-order valence-electron chi connectivity index (χ2n) is 7.22. The van der Waals surface area contributed by atoms with Crippen LogP contribution in [0.4, 0.5) is 0 Å². The van der Waals surface area contributed by atoms with Gasteiger partial charge < -0.3 is 9.73 Å². The molecule has 0 saturated heterocycles. The van der Waals surface area contributed by atoms with Gasteiger partial charge in [-0.05, 0) is 56.2 Å². The third kappa shape index (κ3) is 4.74. The summed E-state index contributed by atoms with van der Waals surface area (Å²) in [5, 5.41) is 7.20. The van der Waals surface area contributed by atoms with Crippen LogP contribution in [0.25, 0.3) is 0 Å². The minimum absolute atomic E-state index is 0.273. The molecule has 2 amide bonds. The molecule has 0 aliphatic heterocycles. The number of aromatic nitrogens is 1. The topological polar surface area (TPSA) is 96.6 Å². The molecule has 8 heteroatoms. The van der Waals surface area contributed by atoms with E-state index in [2.05, 4.69) is 36.8 Å². The van der Waals surface area contributed by atoms with Crippen LogP contribution in [0.1, 0.15) is 56.3 Å². The number of fused-ring (bicyclic) bond motifs is 1. The van der Waals surface area contributed by atoms with Crippen LogP contribution in [-0.2, 0) is 13.0 Å². The van der Waals surface area contributed by atoms with Crippen LogP contribution < -0.4 is 10.7 Å². The highest BCUT2D eigenvalue weighted by molar-refractivity contribution is 9.10. The molecule has 3 aromatic rings. The van der Waals surface area contributed by atoms with Crippen molar-refractivity contribution in [1.29, 1.82) is 0 Å². The smallest absolute Gasteiger partial charge is 0.287 e. The predicted molar refractivity (Wildman–Crippen MR) is 120 cm³/mol. The summed E-state index contributed by atoms with van der Waals surface area (Å²) in [4.78, 5) is 29.3. The van der Waals surface area contributed by atoms with E-state index in [9.17, 15) is 9.59 Å². The van der Waals surface area contributed by atoms with E-state index in [1.807, 2.05) is 25.1 Å². The fourth-order valence-corrected chi connectivity index (χ4v) is 3.80. The highest BCUT2D eigenvalue weighted by Crippen LogP contribution is 2.30. The SMILES string of the molecule is Cc1c(C(=O)NCc2ccccn2)oc2c1/C(=N/NC(=O)c1ccc(Br)cc1)CCC2. The van der Waals surface area contributed by atoms with Crippen LogP contribution in [0.3, 0.4) is 0 Å². The Bertz CT molecular complexity index is 1140. The molecule has 0 atom stereocenters. The molecule has 0 unspecified atom stereocenters. The molecular weight excluding hydrogens is 460 g/mol. The van der Waals surface area contributed by atoms with Crippen molar-refractivity contribution in [3.05, 3.63) is 87.0 Å². The van der Waals surface area contributed by atoms with Gasteiger partial charge in [0.25, 0.3) is 11.8 Å². The van der Waals surface area contributed by atoms with E-state index in [4.69, 9.17) is 4.42 Å². The molecule has 0 radical (unpaired) electrons. The fourth-order valence-electron chi connectivity index (χ4n) is 3.53. The second-order valence-corrected chi connectivity index (χ2v) is 8.13. The normalized spacial score (nSPS) is 14.2. The summed E-state index contributed by atoms with van der Waals surface area (Å²) in [6.07, 6.45) is 3.94. The first-order valence-corrected chi connectivity index (χ1v) is 10.8. The van der Waals surface area contributed by atoms with Crippen LogP contribution in [-0.4, -0.2) is 22.5 Å². The summed E-state index contributed by atoms with van der Waals surface area (Å²) >= 11 is 3.35. The minimum Gasteiger partial charge on any atom is -0.455 e. The number of hydrazone groups is 1. The maximum absolute atomic E-state index is 12.7. The number of aryl methyl sites for hydroxylation is 1. The molecule has 2 N–H and O–H groups in total. The molecule has 2 aromatic heterocycles. The Balaban J connectivity index is 1.51. The molecule has 1 aromatic carbocycles. The van der Waals surface area contributed by atoms with Gasteiger partial charge in [-0.3, -0.25) is 14.6 Å². The predicted octanol–water partition coefficient (Wildman–Crippen LogP) is 4.15. The third-order valence-corrected chi connectivity index (χ3v) is 5.62. The van der Waals surface area contributed by atoms with Crippen molar-refractivity contribution in [2.45, 2.75) is 32.7 Å². The number of amides is 2. The number of benzene rings is 1. The molecule has 1 aliphatic carbocycles. The van der Waals surface area contributed by atoms with Crippen molar-refractivity contribution >= 4 is 33.5 Å². The van der Waals surface area contributed by atoms with Gasteiger partial charge in [0.05, 0.1) is 18.0 Å². The van der Waals surface area contributed by atoms with Crippen molar-refractivity contribution in [3.8, 4) is 0 Å². The number of hydrogen-bond donors (Lipinski definition) is 2. The molecule has 0 fully saturated rings. The average molecular weight is 481 g/mol. The molecule has 7 nitrogen and oxygen atoms in total. The molecule has 1 aliphatic rings. The number of rotatable bonds is 5. The van der Waals surface area contributed by atoms with Crippen molar-refractivity contribution in [3.63, 3.8) is 0 Å². The second kappa shape index (κ2) is 9.26. The Morgan fingerprint density at radius 3 is 2.68 bits per heavy atom. The Kier molecular flexibility index (Phi) is 6.27. The lowest BCUT2D eigenvalue weighted by atomic mass is 9.93. The van der Waals surface area contributed by atoms with Crippen molar-refractivity contribution in [2.75, 3.05) is 0 Å². The first-order valence-electron chi connectivity index (χ1n) is 9.96. The van der Waals surface area contributed by atoms with Crippen LogP contribution in [0, 0.1) is 6.92 Å². The van der Waals surface area contributed by atoms with Gasteiger partial charge in [0.15, 0.2) is 5.76 Å². The summed E-state index contributed by atoms with van der Waals surface area (Å²) in [6, 6.07) is 12.6. The number of halogens is 1. The molecular formula is C23H21BrN4O3. The van der Waals surface area contributed by atoms with Gasteiger partial charge in [-0.1, -0.05) is 22.0 Å². The van der Waals surface area contributed by atoms with Gasteiger partial charge in [0.1, 0.15) is 5.76 Å². The maximum Gasteiger partial charge on any atom is 0.287 e. The number of pyridine rings is 1. The Hall–Kier alpha value is -3.26. The summed E-state index contributed by atoms with van der Waals surface area (Å²) in [6.45, 7) is 2.16. The Labute approximate surface area is 188 Å². The number of hydrogen-bond acceptors (Lipinski definition) is 5. The lowest BCUT2D eigenvalue weighted by Gasteiger charge is -2.13. The number of carbonyl (C=O) groups excluding carboxylic acids is 2. The summed E-state index contributed by atoms with van der Waals surface area (Å²) in [5.74, 6) is 0.413. The molecule has 0 saturated carbocycles. The minimum atomic E-state index is -0.296. The lowest BCUT2D eigenvalue weighted by Crippen LogP contribution is -2.24. The Morgan fingerprint density at radius 2 is 1.94 bits per heavy atom. The first-order chi connectivity index (χ1) is 15.0. The maximum atomic E-state index is 12.7. The van der Waals surface area contributed by atoms with Gasteiger partial charge in [0, 0.05) is 33.8 Å². The van der Waals surface area contributed by atoms with Crippen LogP contribution in [0.15, 0.2) is 62.7 Å². The number of nitrogens with zero attached hydrogens (tertiary/aromatic N) is 2. The van der Waals surface area contributed by atoms with E-state index in [1.165, 1.54) is 0 Å². The van der Waals surface area contributed by atoms with E-state index in [0.29, 0.717) is 18.5 Å². The molecule has 0 spiro atoms. The zero-order valence-electron chi connectivity index (χ0n) is 16.9. The standard InChI is InChI=1S/C23H21BrN4O3/c1-14-20-18(27-28-22(29)15-8-10-16(24)11-9-15)6-4-7-19(20)31-21(14)23(30)26-13-17-5-2-3-12-25-17/h2-3,5,8-12H,4,6-7,13H2,1H3,(H,26,30)(H,28,29)/b27-18+. The summed E-state index contributed by atoms with van der Waals surface area (Å²) in [5.41, 5.74) is 6.16. The van der Waals surface area contributed by atoms with E-state index in [-0.39, 0.29) is 17.6 Å².